The van der Waals surface area contributed by atoms with Gasteiger partial charge in [-0.05, 0) is 36.0 Å². The van der Waals surface area contributed by atoms with Gasteiger partial charge in [-0.3, -0.25) is 14.9 Å². The number of aliphatic imine (C=N–C) groups is 1. The molecule has 130 valence electrons. The second-order valence-electron chi connectivity index (χ2n) is 5.31. The Morgan fingerprint density at radius 2 is 2.00 bits per heavy atom. The highest BCUT2D eigenvalue weighted by Gasteiger charge is 2.29. The zero-order valence-corrected chi connectivity index (χ0v) is 14.0. The van der Waals surface area contributed by atoms with Gasteiger partial charge < -0.3 is 14.8 Å². The first-order chi connectivity index (χ1) is 12.6. The van der Waals surface area contributed by atoms with E-state index < -0.39 is 4.92 Å². The number of carbonyl (C=O) groups is 1. The highest BCUT2D eigenvalue weighted by molar-refractivity contribution is 8.18. The molecule has 0 saturated carbocycles. The molecule has 1 fully saturated rings. The van der Waals surface area contributed by atoms with Gasteiger partial charge in [0, 0.05) is 6.07 Å². The number of hydrogen-bond donors (Lipinski definition) is 1. The molecule has 0 spiro atoms. The number of para-hydroxylation sites is 1. The summed E-state index contributed by atoms with van der Waals surface area (Å²) in [6, 6.07) is 12.0. The van der Waals surface area contributed by atoms with E-state index in [1.54, 1.807) is 0 Å². The van der Waals surface area contributed by atoms with Crippen LogP contribution in [0.3, 0.4) is 0 Å². The molecule has 2 aliphatic rings. The van der Waals surface area contributed by atoms with Crippen LogP contribution < -0.4 is 14.8 Å². The fourth-order valence-electron chi connectivity index (χ4n) is 2.51. The Hall–Kier alpha value is -3.33. The van der Waals surface area contributed by atoms with E-state index >= 15 is 0 Å². The number of carbonyl (C=O) groups excluding carboxylic acids is 1. The maximum absolute atomic E-state index is 12.2. The molecule has 0 aromatic heterocycles. The van der Waals surface area contributed by atoms with E-state index in [1.165, 1.54) is 18.2 Å². The quantitative estimate of drug-likeness (QED) is 0.506. The van der Waals surface area contributed by atoms with E-state index in [-0.39, 0.29) is 34.6 Å². The lowest BCUT2D eigenvalue weighted by Gasteiger charge is -2.03. The lowest BCUT2D eigenvalue weighted by molar-refractivity contribution is -0.385. The van der Waals surface area contributed by atoms with Crippen LogP contribution in [0.25, 0.3) is 6.08 Å². The average molecular weight is 369 g/mol. The van der Waals surface area contributed by atoms with Gasteiger partial charge in [-0.2, -0.15) is 0 Å². The number of fused-ring (bicyclic) bond motifs is 1. The normalized spacial score (nSPS) is 18.4. The molecule has 1 amide bonds. The Kier molecular flexibility index (Phi) is 4.05. The van der Waals surface area contributed by atoms with Crippen molar-refractivity contribution < 1.29 is 19.2 Å². The summed E-state index contributed by atoms with van der Waals surface area (Å²) in [5, 5.41) is 14.4. The maximum atomic E-state index is 12.2. The molecule has 9 heteroatoms. The minimum absolute atomic E-state index is 0.0211. The molecular formula is C17H11N3O5S. The summed E-state index contributed by atoms with van der Waals surface area (Å²) in [5.74, 6) is 0.285. The van der Waals surface area contributed by atoms with E-state index in [0.29, 0.717) is 16.6 Å². The van der Waals surface area contributed by atoms with Gasteiger partial charge in [-0.1, -0.05) is 18.2 Å². The molecule has 0 bridgehead atoms. The van der Waals surface area contributed by atoms with Gasteiger partial charge in [-0.25, -0.2) is 4.99 Å². The molecule has 1 saturated heterocycles. The molecule has 2 aromatic rings. The summed E-state index contributed by atoms with van der Waals surface area (Å²) in [6.07, 6.45) is 1.43. The molecule has 0 aliphatic carbocycles. The van der Waals surface area contributed by atoms with Crippen LogP contribution in [0.15, 0.2) is 52.4 Å². The van der Waals surface area contributed by atoms with Crippen molar-refractivity contribution >= 4 is 40.3 Å². The van der Waals surface area contributed by atoms with Crippen molar-refractivity contribution in [3.05, 3.63) is 63.0 Å². The Bertz CT molecular complexity index is 972. The third-order valence-corrected chi connectivity index (χ3v) is 4.57. The van der Waals surface area contributed by atoms with Crippen LogP contribution in [0.2, 0.25) is 0 Å². The van der Waals surface area contributed by atoms with Gasteiger partial charge in [-0.15, -0.1) is 0 Å². The molecular weight excluding hydrogens is 358 g/mol. The zero-order valence-electron chi connectivity index (χ0n) is 13.2. The molecule has 0 unspecified atom stereocenters. The monoisotopic (exact) mass is 369 g/mol. The molecule has 2 aromatic carbocycles. The Balaban J connectivity index is 1.71. The number of nitro benzene ring substituents is 1. The third kappa shape index (κ3) is 3.00. The fourth-order valence-corrected chi connectivity index (χ4v) is 3.34. The van der Waals surface area contributed by atoms with Crippen molar-refractivity contribution in [1.82, 2.24) is 5.32 Å². The van der Waals surface area contributed by atoms with E-state index in [4.69, 9.17) is 9.47 Å². The summed E-state index contributed by atoms with van der Waals surface area (Å²) in [4.78, 5) is 27.7. The lowest BCUT2D eigenvalue weighted by atomic mass is 10.1. The highest BCUT2D eigenvalue weighted by atomic mass is 32.2. The fraction of sp³-hybridized carbons (Fsp3) is 0.0588. The number of amidine groups is 1. The summed E-state index contributed by atoms with van der Waals surface area (Å²) in [7, 11) is 0. The van der Waals surface area contributed by atoms with E-state index in [2.05, 4.69) is 10.3 Å². The zero-order chi connectivity index (χ0) is 18.1. The van der Waals surface area contributed by atoms with Crippen molar-refractivity contribution in [2.24, 2.45) is 4.99 Å². The van der Waals surface area contributed by atoms with Gasteiger partial charge in [0.1, 0.15) is 0 Å². The smallest absolute Gasteiger partial charge is 0.280 e. The molecule has 0 atom stereocenters. The number of thioether (sulfide) groups is 1. The summed E-state index contributed by atoms with van der Waals surface area (Å²) in [6.45, 7) is -0.0211. The van der Waals surface area contributed by atoms with Crippen molar-refractivity contribution in [2.75, 3.05) is 6.79 Å². The molecule has 8 nitrogen and oxygen atoms in total. The number of nitrogens with one attached hydrogen (secondary N) is 1. The highest BCUT2D eigenvalue weighted by Crippen LogP contribution is 2.43. The predicted molar refractivity (Wildman–Crippen MR) is 96.5 cm³/mol. The number of nitrogens with zero attached hydrogens (tertiary/aromatic N) is 2. The van der Waals surface area contributed by atoms with Crippen LogP contribution >= 0.6 is 11.8 Å². The Morgan fingerprint density at radius 3 is 2.77 bits per heavy atom. The van der Waals surface area contributed by atoms with Gasteiger partial charge in [0.25, 0.3) is 11.6 Å². The first-order valence-corrected chi connectivity index (χ1v) is 8.35. The van der Waals surface area contributed by atoms with Crippen molar-refractivity contribution in [3.63, 3.8) is 0 Å². The summed E-state index contributed by atoms with van der Waals surface area (Å²) < 4.78 is 10.6. The lowest BCUT2D eigenvalue weighted by Crippen LogP contribution is -2.19. The number of ether oxygens (including phenoxy) is 2. The van der Waals surface area contributed by atoms with Crippen LogP contribution in [0.4, 0.5) is 11.4 Å². The molecule has 2 aliphatic heterocycles. The van der Waals surface area contributed by atoms with E-state index in [1.807, 2.05) is 30.3 Å². The number of amides is 1. The van der Waals surface area contributed by atoms with Crippen LogP contribution in [0.5, 0.6) is 11.5 Å². The molecule has 26 heavy (non-hydrogen) atoms. The summed E-state index contributed by atoms with van der Waals surface area (Å²) in [5.41, 5.74) is 0.729. The number of benzene rings is 2. The van der Waals surface area contributed by atoms with Gasteiger partial charge in [0.15, 0.2) is 16.7 Å². The molecule has 1 N–H and O–H groups in total. The van der Waals surface area contributed by atoms with E-state index in [0.717, 1.165) is 11.8 Å². The maximum Gasteiger partial charge on any atom is 0.280 e. The molecule has 4 rings (SSSR count). The predicted octanol–water partition coefficient (Wildman–Crippen LogP) is 3.22. The number of hydrogen-bond acceptors (Lipinski definition) is 7. The SMILES string of the molecule is O=C1NC(=Nc2ccccc2)S/C1=C/c1c([N+](=O)[O-])ccc2c1OCO2. The van der Waals surface area contributed by atoms with Crippen molar-refractivity contribution in [2.45, 2.75) is 0 Å². The minimum Gasteiger partial charge on any atom is -0.454 e. The van der Waals surface area contributed by atoms with Gasteiger partial charge >= 0.3 is 0 Å². The third-order valence-electron chi connectivity index (χ3n) is 3.66. The van der Waals surface area contributed by atoms with Crippen molar-refractivity contribution in [3.8, 4) is 11.5 Å². The van der Waals surface area contributed by atoms with Gasteiger partial charge in [0.05, 0.1) is 21.1 Å². The Morgan fingerprint density at radius 1 is 1.19 bits per heavy atom. The summed E-state index contributed by atoms with van der Waals surface area (Å²) >= 11 is 1.11. The Labute approximate surface area is 151 Å². The van der Waals surface area contributed by atoms with Crippen LogP contribution in [-0.4, -0.2) is 22.8 Å². The second-order valence-corrected chi connectivity index (χ2v) is 6.34. The number of rotatable bonds is 3. The largest absolute Gasteiger partial charge is 0.454 e. The topological polar surface area (TPSA) is 103 Å². The van der Waals surface area contributed by atoms with E-state index in [9.17, 15) is 14.9 Å². The van der Waals surface area contributed by atoms with Crippen LogP contribution in [0, 0.1) is 10.1 Å². The number of nitro groups is 1. The van der Waals surface area contributed by atoms with Gasteiger partial charge in [0.2, 0.25) is 6.79 Å². The first kappa shape index (κ1) is 16.2. The van der Waals surface area contributed by atoms with Crippen LogP contribution in [0.1, 0.15) is 5.56 Å². The van der Waals surface area contributed by atoms with Crippen molar-refractivity contribution in [1.29, 1.82) is 0 Å². The average Bonchev–Trinajstić information content (AvgIpc) is 3.23. The van der Waals surface area contributed by atoms with Crippen LogP contribution in [-0.2, 0) is 4.79 Å². The molecule has 2 heterocycles. The second kappa shape index (κ2) is 6.52. The molecule has 0 radical (unpaired) electrons. The minimum atomic E-state index is -0.523. The first-order valence-electron chi connectivity index (χ1n) is 7.53. The standard InChI is InChI=1S/C17H11N3O5S/c21-16-14(26-17(19-16)18-10-4-2-1-3-5-10)8-11-12(20(22)23)6-7-13-15(11)25-9-24-13/h1-8H,9H2,(H,18,19,21)/b14-8+.